The SMILES string of the molecule is COC(=O)c1c(C(=O)OC)c2c3ccccc3ccn2c1C(=O)CN(C)C. The molecule has 3 aromatic rings. The van der Waals surface area contributed by atoms with E-state index in [0.717, 1.165) is 10.8 Å². The van der Waals surface area contributed by atoms with E-state index in [1.54, 1.807) is 29.6 Å². The van der Waals surface area contributed by atoms with Crippen molar-refractivity contribution in [1.29, 1.82) is 0 Å². The number of pyridine rings is 1. The van der Waals surface area contributed by atoms with E-state index < -0.39 is 11.9 Å². The van der Waals surface area contributed by atoms with Crippen LogP contribution >= 0.6 is 0 Å². The number of ketones is 1. The average molecular weight is 368 g/mol. The Morgan fingerprint density at radius 1 is 0.963 bits per heavy atom. The highest BCUT2D eigenvalue weighted by atomic mass is 16.5. The lowest BCUT2D eigenvalue weighted by Gasteiger charge is -2.10. The van der Waals surface area contributed by atoms with Crippen molar-refractivity contribution < 1.29 is 23.9 Å². The summed E-state index contributed by atoms with van der Waals surface area (Å²) < 4.78 is 11.4. The van der Waals surface area contributed by atoms with E-state index in [0.29, 0.717) is 5.52 Å². The van der Waals surface area contributed by atoms with Crippen LogP contribution < -0.4 is 0 Å². The van der Waals surface area contributed by atoms with E-state index in [1.807, 2.05) is 30.3 Å². The molecule has 140 valence electrons. The van der Waals surface area contributed by atoms with Gasteiger partial charge in [-0.05, 0) is 25.5 Å². The van der Waals surface area contributed by atoms with E-state index in [1.165, 1.54) is 14.2 Å². The molecule has 1 aromatic carbocycles. The first-order valence-electron chi connectivity index (χ1n) is 8.31. The Kier molecular flexibility index (Phi) is 4.96. The molecule has 2 heterocycles. The van der Waals surface area contributed by atoms with Gasteiger partial charge in [-0.1, -0.05) is 24.3 Å². The van der Waals surface area contributed by atoms with Gasteiger partial charge in [-0.15, -0.1) is 0 Å². The maximum atomic E-state index is 12.9. The Morgan fingerprint density at radius 2 is 1.59 bits per heavy atom. The number of ether oxygens (including phenoxy) is 2. The molecular weight excluding hydrogens is 348 g/mol. The van der Waals surface area contributed by atoms with Crippen LogP contribution in [-0.4, -0.2) is 61.9 Å². The number of benzene rings is 1. The molecule has 0 aliphatic carbocycles. The molecule has 0 N–H and O–H groups in total. The molecule has 0 spiro atoms. The van der Waals surface area contributed by atoms with Crippen LogP contribution in [0.4, 0.5) is 0 Å². The standard InChI is InChI=1S/C20H20N2O5/c1-21(2)11-14(23)18-16(20(25)27-4)15(19(24)26-3)17-13-8-6-5-7-12(13)9-10-22(17)18/h5-10H,11H2,1-4H3. The van der Waals surface area contributed by atoms with Crippen molar-refractivity contribution in [3.8, 4) is 0 Å². The number of aromatic nitrogens is 1. The maximum absolute atomic E-state index is 12.9. The highest BCUT2D eigenvalue weighted by Gasteiger charge is 2.33. The number of hydrogen-bond acceptors (Lipinski definition) is 6. The zero-order chi connectivity index (χ0) is 19.7. The number of carbonyl (C=O) groups is 3. The van der Waals surface area contributed by atoms with Gasteiger partial charge in [0.15, 0.2) is 5.78 Å². The highest BCUT2D eigenvalue weighted by molar-refractivity contribution is 6.19. The molecule has 7 nitrogen and oxygen atoms in total. The van der Waals surface area contributed by atoms with Gasteiger partial charge in [-0.2, -0.15) is 0 Å². The van der Waals surface area contributed by atoms with Crippen molar-refractivity contribution in [3.05, 3.63) is 53.3 Å². The zero-order valence-corrected chi connectivity index (χ0v) is 15.6. The number of carbonyl (C=O) groups excluding carboxylic acids is 3. The van der Waals surface area contributed by atoms with Crippen LogP contribution in [0.25, 0.3) is 16.3 Å². The molecule has 3 rings (SSSR count). The van der Waals surface area contributed by atoms with E-state index >= 15 is 0 Å². The third-order valence-corrected chi connectivity index (χ3v) is 4.33. The summed E-state index contributed by atoms with van der Waals surface area (Å²) in [4.78, 5) is 39.8. The van der Waals surface area contributed by atoms with Crippen molar-refractivity contribution in [1.82, 2.24) is 9.30 Å². The van der Waals surface area contributed by atoms with Crippen LogP contribution in [-0.2, 0) is 9.47 Å². The molecule has 0 amide bonds. The Balaban J connectivity index is 2.52. The first-order valence-corrected chi connectivity index (χ1v) is 8.31. The fourth-order valence-corrected chi connectivity index (χ4v) is 3.25. The van der Waals surface area contributed by atoms with Crippen molar-refractivity contribution in [2.75, 3.05) is 34.9 Å². The molecule has 27 heavy (non-hydrogen) atoms. The van der Waals surface area contributed by atoms with Crippen LogP contribution in [0.3, 0.4) is 0 Å². The molecule has 0 unspecified atom stereocenters. The number of Topliss-reactive ketones (excluding diaryl/α,β-unsaturated/α-hetero) is 1. The molecule has 0 bridgehead atoms. The normalized spacial score (nSPS) is 11.1. The van der Waals surface area contributed by atoms with E-state index in [-0.39, 0.29) is 29.1 Å². The monoisotopic (exact) mass is 368 g/mol. The molecule has 7 heteroatoms. The topological polar surface area (TPSA) is 77.3 Å². The summed E-state index contributed by atoms with van der Waals surface area (Å²) in [5.74, 6) is -1.76. The second-order valence-electron chi connectivity index (χ2n) is 6.36. The lowest BCUT2D eigenvalue weighted by molar-refractivity contribution is 0.0556. The first-order chi connectivity index (χ1) is 12.9. The minimum absolute atomic E-state index is 0.0308. The Hall–Kier alpha value is -3.19. The van der Waals surface area contributed by atoms with Crippen LogP contribution in [0, 0.1) is 0 Å². The summed E-state index contributed by atoms with van der Waals surface area (Å²) in [5, 5.41) is 1.60. The van der Waals surface area contributed by atoms with E-state index in [4.69, 9.17) is 9.47 Å². The smallest absolute Gasteiger partial charge is 0.341 e. The summed E-state index contributed by atoms with van der Waals surface area (Å²) in [7, 11) is 5.95. The largest absolute Gasteiger partial charge is 0.465 e. The lowest BCUT2D eigenvalue weighted by atomic mass is 10.0. The summed E-state index contributed by atoms with van der Waals surface area (Å²) in [6, 6.07) is 9.26. The van der Waals surface area contributed by atoms with E-state index in [2.05, 4.69) is 0 Å². The van der Waals surface area contributed by atoms with Gasteiger partial charge < -0.3 is 18.8 Å². The number of likely N-dealkylation sites (N-methyl/N-ethyl adjacent to an activating group) is 1. The van der Waals surface area contributed by atoms with Crippen LogP contribution in [0.5, 0.6) is 0 Å². The molecule has 0 saturated heterocycles. The molecule has 0 aliphatic heterocycles. The molecule has 0 atom stereocenters. The molecule has 0 aliphatic rings. The van der Waals surface area contributed by atoms with Crippen molar-refractivity contribution in [2.24, 2.45) is 0 Å². The van der Waals surface area contributed by atoms with Crippen molar-refractivity contribution >= 4 is 34.0 Å². The Bertz CT molecular complexity index is 1070. The minimum Gasteiger partial charge on any atom is -0.465 e. The molecule has 2 aromatic heterocycles. The van der Waals surface area contributed by atoms with Gasteiger partial charge in [0.25, 0.3) is 0 Å². The van der Waals surface area contributed by atoms with Crippen LogP contribution in [0.15, 0.2) is 36.5 Å². The number of hydrogen-bond donors (Lipinski definition) is 0. The van der Waals surface area contributed by atoms with Crippen molar-refractivity contribution in [3.63, 3.8) is 0 Å². The van der Waals surface area contributed by atoms with Gasteiger partial charge in [-0.25, -0.2) is 9.59 Å². The van der Waals surface area contributed by atoms with Gasteiger partial charge in [0, 0.05) is 11.6 Å². The van der Waals surface area contributed by atoms with Gasteiger partial charge in [-0.3, -0.25) is 4.79 Å². The molecule has 0 radical (unpaired) electrons. The summed E-state index contributed by atoms with van der Waals surface area (Å²) in [5.41, 5.74) is 0.509. The number of esters is 2. The number of fused-ring (bicyclic) bond motifs is 3. The minimum atomic E-state index is -0.759. The summed E-state index contributed by atoms with van der Waals surface area (Å²) >= 11 is 0. The van der Waals surface area contributed by atoms with Gasteiger partial charge in [0.1, 0.15) is 16.8 Å². The predicted octanol–water partition coefficient (Wildman–Crippen LogP) is 2.41. The van der Waals surface area contributed by atoms with Crippen LogP contribution in [0.2, 0.25) is 0 Å². The van der Waals surface area contributed by atoms with Gasteiger partial charge in [0.05, 0.1) is 26.3 Å². The maximum Gasteiger partial charge on any atom is 0.341 e. The Morgan fingerprint density at radius 3 is 2.22 bits per heavy atom. The molecular formula is C20H20N2O5. The van der Waals surface area contributed by atoms with Crippen LogP contribution in [0.1, 0.15) is 31.2 Å². The second kappa shape index (κ2) is 7.20. The third kappa shape index (κ3) is 3.06. The second-order valence-corrected chi connectivity index (χ2v) is 6.36. The average Bonchev–Trinajstić information content (AvgIpc) is 3.01. The van der Waals surface area contributed by atoms with Gasteiger partial charge >= 0.3 is 11.9 Å². The Labute approximate surface area is 156 Å². The fourth-order valence-electron chi connectivity index (χ4n) is 3.25. The fraction of sp³-hybridized carbons (Fsp3) is 0.250. The molecule has 0 fully saturated rings. The van der Waals surface area contributed by atoms with Gasteiger partial charge in [0.2, 0.25) is 0 Å². The number of nitrogens with zero attached hydrogens (tertiary/aromatic N) is 2. The molecule has 0 saturated carbocycles. The first kappa shape index (κ1) is 18.6. The quantitative estimate of drug-likeness (QED) is 0.508. The predicted molar refractivity (Wildman–Crippen MR) is 100 cm³/mol. The third-order valence-electron chi connectivity index (χ3n) is 4.33. The van der Waals surface area contributed by atoms with Crippen molar-refractivity contribution in [2.45, 2.75) is 0 Å². The summed E-state index contributed by atoms with van der Waals surface area (Å²) in [6.07, 6.45) is 1.68. The number of rotatable bonds is 5. The zero-order valence-electron chi connectivity index (χ0n) is 15.6. The lowest BCUT2D eigenvalue weighted by Crippen LogP contribution is -2.25. The highest BCUT2D eigenvalue weighted by Crippen LogP contribution is 2.31. The van der Waals surface area contributed by atoms with E-state index in [9.17, 15) is 14.4 Å². The summed E-state index contributed by atoms with van der Waals surface area (Å²) in [6.45, 7) is 0.0730. The number of methoxy groups -OCH3 is 2.